The standard InChI is InChI=1S/C18H14INO2S/c1-12-4-2-3-5-14(12)11-20-17(21)16(23-18(20)22)10-13-6-8-15(19)9-7-13/h2-10H,11H2,1H3/b16-10-. The number of imide groups is 1. The zero-order chi connectivity index (χ0) is 16.4. The van der Waals surface area contributed by atoms with E-state index < -0.39 is 0 Å². The first-order valence-corrected chi connectivity index (χ1v) is 8.99. The van der Waals surface area contributed by atoms with Crippen LogP contribution in [0.3, 0.4) is 0 Å². The molecule has 2 aromatic carbocycles. The molecule has 0 atom stereocenters. The molecule has 0 N–H and O–H groups in total. The summed E-state index contributed by atoms with van der Waals surface area (Å²) in [5, 5.41) is -0.213. The van der Waals surface area contributed by atoms with Gasteiger partial charge in [0.15, 0.2) is 0 Å². The molecule has 3 nitrogen and oxygen atoms in total. The van der Waals surface area contributed by atoms with Gasteiger partial charge in [-0.2, -0.15) is 0 Å². The topological polar surface area (TPSA) is 37.4 Å². The van der Waals surface area contributed by atoms with Gasteiger partial charge in [0.2, 0.25) is 0 Å². The SMILES string of the molecule is Cc1ccccc1CN1C(=O)S/C(=C\c2ccc(I)cc2)C1=O. The average Bonchev–Trinajstić information content (AvgIpc) is 2.79. The normalized spacial score (nSPS) is 16.4. The number of aryl methyl sites for hydroxylation is 1. The zero-order valence-corrected chi connectivity index (χ0v) is 15.4. The number of nitrogens with zero attached hydrogens (tertiary/aromatic N) is 1. The Balaban J connectivity index is 1.82. The summed E-state index contributed by atoms with van der Waals surface area (Å²) >= 11 is 3.23. The van der Waals surface area contributed by atoms with Gasteiger partial charge in [0.1, 0.15) is 0 Å². The van der Waals surface area contributed by atoms with Crippen LogP contribution in [0.25, 0.3) is 6.08 Å². The Morgan fingerprint density at radius 2 is 1.78 bits per heavy atom. The summed E-state index contributed by atoms with van der Waals surface area (Å²) in [7, 11) is 0. The van der Waals surface area contributed by atoms with Crippen LogP contribution in [-0.4, -0.2) is 16.0 Å². The molecular weight excluding hydrogens is 421 g/mol. The van der Waals surface area contributed by atoms with Gasteiger partial charge in [-0.3, -0.25) is 14.5 Å². The monoisotopic (exact) mass is 435 g/mol. The Morgan fingerprint density at radius 1 is 1.09 bits per heavy atom. The van der Waals surface area contributed by atoms with E-state index in [9.17, 15) is 9.59 Å². The number of benzene rings is 2. The molecule has 0 saturated carbocycles. The molecule has 0 spiro atoms. The number of thioether (sulfide) groups is 1. The minimum atomic E-state index is -0.221. The molecule has 2 aromatic rings. The summed E-state index contributed by atoms with van der Waals surface area (Å²) in [5.74, 6) is -0.221. The number of carbonyl (C=O) groups is 2. The lowest BCUT2D eigenvalue weighted by atomic mass is 10.1. The fourth-order valence-electron chi connectivity index (χ4n) is 2.30. The quantitative estimate of drug-likeness (QED) is 0.512. The molecule has 1 aliphatic heterocycles. The van der Waals surface area contributed by atoms with E-state index in [-0.39, 0.29) is 11.1 Å². The average molecular weight is 435 g/mol. The molecule has 116 valence electrons. The van der Waals surface area contributed by atoms with Crippen LogP contribution in [-0.2, 0) is 11.3 Å². The first-order valence-electron chi connectivity index (χ1n) is 7.10. The van der Waals surface area contributed by atoms with Crippen molar-refractivity contribution in [1.82, 2.24) is 4.90 Å². The highest BCUT2D eigenvalue weighted by molar-refractivity contribution is 14.1. The third-order valence-electron chi connectivity index (χ3n) is 3.63. The van der Waals surface area contributed by atoms with Crippen molar-refractivity contribution in [2.45, 2.75) is 13.5 Å². The van der Waals surface area contributed by atoms with E-state index in [1.54, 1.807) is 6.08 Å². The molecule has 1 fully saturated rings. The number of hydrogen-bond donors (Lipinski definition) is 0. The third-order valence-corrected chi connectivity index (χ3v) is 5.26. The summed E-state index contributed by atoms with van der Waals surface area (Å²) in [6.45, 7) is 2.30. The lowest BCUT2D eigenvalue weighted by molar-refractivity contribution is -0.123. The van der Waals surface area contributed by atoms with Crippen LogP contribution in [0.5, 0.6) is 0 Å². The van der Waals surface area contributed by atoms with E-state index in [4.69, 9.17) is 0 Å². The van der Waals surface area contributed by atoms with E-state index in [1.807, 2.05) is 55.5 Å². The van der Waals surface area contributed by atoms with E-state index in [0.29, 0.717) is 11.4 Å². The molecule has 1 aliphatic rings. The maximum absolute atomic E-state index is 12.5. The van der Waals surface area contributed by atoms with Gasteiger partial charge in [0.25, 0.3) is 11.1 Å². The van der Waals surface area contributed by atoms with Gasteiger partial charge < -0.3 is 0 Å². The summed E-state index contributed by atoms with van der Waals surface area (Å²) < 4.78 is 1.13. The molecule has 0 bridgehead atoms. The fraction of sp³-hybridized carbons (Fsp3) is 0.111. The highest BCUT2D eigenvalue weighted by Crippen LogP contribution is 2.33. The van der Waals surface area contributed by atoms with Crippen molar-refractivity contribution >= 4 is 51.6 Å². The minimum absolute atomic E-state index is 0.213. The van der Waals surface area contributed by atoms with Crippen LogP contribution < -0.4 is 0 Å². The Hall–Kier alpha value is -1.60. The predicted molar refractivity (Wildman–Crippen MR) is 102 cm³/mol. The van der Waals surface area contributed by atoms with E-state index in [0.717, 1.165) is 32.0 Å². The Labute approximate surface area is 152 Å². The molecule has 1 saturated heterocycles. The van der Waals surface area contributed by atoms with Crippen molar-refractivity contribution in [3.8, 4) is 0 Å². The largest absolute Gasteiger partial charge is 0.293 e. The van der Waals surface area contributed by atoms with Crippen molar-refractivity contribution < 1.29 is 9.59 Å². The van der Waals surface area contributed by atoms with Crippen molar-refractivity contribution in [2.75, 3.05) is 0 Å². The highest BCUT2D eigenvalue weighted by Gasteiger charge is 2.35. The lowest BCUT2D eigenvalue weighted by Crippen LogP contribution is -2.27. The van der Waals surface area contributed by atoms with Crippen molar-refractivity contribution in [2.24, 2.45) is 0 Å². The molecule has 1 heterocycles. The summed E-state index contributed by atoms with van der Waals surface area (Å²) in [5.41, 5.74) is 2.99. The smallest absolute Gasteiger partial charge is 0.268 e. The second kappa shape index (κ2) is 6.88. The van der Waals surface area contributed by atoms with Crippen LogP contribution in [0.4, 0.5) is 4.79 Å². The van der Waals surface area contributed by atoms with Crippen LogP contribution >= 0.6 is 34.4 Å². The van der Waals surface area contributed by atoms with E-state index >= 15 is 0 Å². The molecule has 23 heavy (non-hydrogen) atoms. The number of hydrogen-bond acceptors (Lipinski definition) is 3. The number of amides is 2. The van der Waals surface area contributed by atoms with Crippen molar-refractivity contribution in [1.29, 1.82) is 0 Å². The van der Waals surface area contributed by atoms with Gasteiger partial charge in [0, 0.05) is 3.57 Å². The predicted octanol–water partition coefficient (Wildman–Crippen LogP) is 4.84. The van der Waals surface area contributed by atoms with Gasteiger partial charge in [-0.05, 0) is 76.2 Å². The second-order valence-corrected chi connectivity index (χ2v) is 7.48. The molecule has 0 aliphatic carbocycles. The molecular formula is C18H14INO2S. The van der Waals surface area contributed by atoms with Crippen LogP contribution in [0.1, 0.15) is 16.7 Å². The maximum atomic E-state index is 12.5. The minimum Gasteiger partial charge on any atom is -0.268 e. The first-order chi connectivity index (χ1) is 11.0. The van der Waals surface area contributed by atoms with Gasteiger partial charge in [0.05, 0.1) is 11.4 Å². The van der Waals surface area contributed by atoms with Gasteiger partial charge in [-0.15, -0.1) is 0 Å². The number of carbonyl (C=O) groups excluding carboxylic acids is 2. The fourth-order valence-corrected chi connectivity index (χ4v) is 3.50. The first kappa shape index (κ1) is 16.3. The molecule has 0 unspecified atom stereocenters. The molecule has 3 rings (SSSR count). The van der Waals surface area contributed by atoms with Gasteiger partial charge >= 0.3 is 0 Å². The number of rotatable bonds is 3. The summed E-state index contributed by atoms with van der Waals surface area (Å²) in [6, 6.07) is 15.6. The van der Waals surface area contributed by atoms with Crippen LogP contribution in [0, 0.1) is 10.5 Å². The maximum Gasteiger partial charge on any atom is 0.293 e. The Kier molecular flexibility index (Phi) is 4.87. The van der Waals surface area contributed by atoms with Gasteiger partial charge in [-0.1, -0.05) is 36.4 Å². The van der Waals surface area contributed by atoms with E-state index in [1.165, 1.54) is 4.90 Å². The van der Waals surface area contributed by atoms with Crippen molar-refractivity contribution in [3.05, 3.63) is 73.7 Å². The number of halogens is 1. The lowest BCUT2D eigenvalue weighted by Gasteiger charge is -2.14. The van der Waals surface area contributed by atoms with Crippen LogP contribution in [0.15, 0.2) is 53.4 Å². The van der Waals surface area contributed by atoms with Crippen LogP contribution in [0.2, 0.25) is 0 Å². The Bertz CT molecular complexity index is 799. The van der Waals surface area contributed by atoms with Gasteiger partial charge in [-0.25, -0.2) is 0 Å². The zero-order valence-electron chi connectivity index (χ0n) is 12.5. The third kappa shape index (κ3) is 3.67. The van der Waals surface area contributed by atoms with E-state index in [2.05, 4.69) is 22.6 Å². The molecule has 2 amide bonds. The Morgan fingerprint density at radius 3 is 2.48 bits per heavy atom. The second-order valence-electron chi connectivity index (χ2n) is 5.25. The highest BCUT2D eigenvalue weighted by atomic mass is 127. The summed E-state index contributed by atoms with van der Waals surface area (Å²) in [6.07, 6.45) is 1.78. The molecule has 0 radical (unpaired) electrons. The van der Waals surface area contributed by atoms with Crippen molar-refractivity contribution in [3.63, 3.8) is 0 Å². The molecule has 0 aromatic heterocycles. The molecule has 5 heteroatoms. The summed E-state index contributed by atoms with van der Waals surface area (Å²) in [4.78, 5) is 26.5.